The zero-order valence-electron chi connectivity index (χ0n) is 10.9. The summed E-state index contributed by atoms with van der Waals surface area (Å²) < 4.78 is 0. The second-order valence-corrected chi connectivity index (χ2v) is 6.62. The number of hydrogen-bond donors (Lipinski definition) is 1. The minimum atomic E-state index is -0.146. The molecule has 0 saturated carbocycles. The van der Waals surface area contributed by atoms with Crippen molar-refractivity contribution in [3.8, 4) is 0 Å². The van der Waals surface area contributed by atoms with Gasteiger partial charge in [-0.05, 0) is 51.8 Å². The number of benzene rings is 2. The van der Waals surface area contributed by atoms with Crippen molar-refractivity contribution in [1.82, 2.24) is 0 Å². The largest absolute Gasteiger partial charge is 0.320 e. The van der Waals surface area contributed by atoms with E-state index in [1.54, 1.807) is 11.3 Å². The first-order valence-electron chi connectivity index (χ1n) is 6.77. The first-order chi connectivity index (χ1) is 9.75. The van der Waals surface area contributed by atoms with Crippen LogP contribution in [-0.2, 0) is 12.8 Å². The Morgan fingerprint density at radius 1 is 1.05 bits per heavy atom. The Bertz CT molecular complexity index is 796. The highest BCUT2D eigenvalue weighted by atomic mass is 35.5. The fraction of sp³-hybridized carbons (Fsp3) is 0.176. The van der Waals surface area contributed by atoms with Crippen LogP contribution in [0, 0.1) is 0 Å². The highest BCUT2D eigenvalue weighted by Crippen LogP contribution is 2.38. The van der Waals surface area contributed by atoms with E-state index in [1.807, 2.05) is 11.4 Å². The minimum Gasteiger partial charge on any atom is -0.320 e. The Morgan fingerprint density at radius 2 is 1.85 bits per heavy atom. The molecule has 0 radical (unpaired) electrons. The summed E-state index contributed by atoms with van der Waals surface area (Å²) in [5, 5.41) is 5.46. The smallest absolute Gasteiger partial charge is 0.0667 e. The first-order valence-corrected chi connectivity index (χ1v) is 8.03. The predicted octanol–water partition coefficient (Wildman–Crippen LogP) is 4.70. The van der Waals surface area contributed by atoms with Gasteiger partial charge in [0.2, 0.25) is 0 Å². The van der Waals surface area contributed by atoms with Crippen LogP contribution in [0.25, 0.3) is 10.8 Å². The molecule has 1 aliphatic carbocycles. The number of nitrogens with two attached hydrogens (primary N) is 1. The summed E-state index contributed by atoms with van der Waals surface area (Å²) in [7, 11) is 0. The van der Waals surface area contributed by atoms with Gasteiger partial charge in [0.05, 0.1) is 11.1 Å². The van der Waals surface area contributed by atoms with Crippen molar-refractivity contribution in [2.45, 2.75) is 18.9 Å². The van der Waals surface area contributed by atoms with Gasteiger partial charge in [-0.2, -0.15) is 0 Å². The molecule has 1 nitrogen and oxygen atoms in total. The third-order valence-electron chi connectivity index (χ3n) is 4.17. The van der Waals surface area contributed by atoms with E-state index in [1.165, 1.54) is 27.5 Å². The molecule has 2 aromatic carbocycles. The molecule has 0 saturated heterocycles. The SMILES string of the molecule is NC(c1sccc1Cl)c1ccc2c3c(cccc13)CC2. The summed E-state index contributed by atoms with van der Waals surface area (Å²) in [4.78, 5) is 1.05. The van der Waals surface area contributed by atoms with E-state index in [-0.39, 0.29) is 6.04 Å². The van der Waals surface area contributed by atoms with Crippen molar-refractivity contribution in [1.29, 1.82) is 0 Å². The number of aryl methyl sites for hydroxylation is 2. The van der Waals surface area contributed by atoms with Crippen molar-refractivity contribution in [3.63, 3.8) is 0 Å². The van der Waals surface area contributed by atoms with Gasteiger partial charge < -0.3 is 5.73 Å². The van der Waals surface area contributed by atoms with Gasteiger partial charge >= 0.3 is 0 Å². The summed E-state index contributed by atoms with van der Waals surface area (Å²) in [5.74, 6) is 0. The minimum absolute atomic E-state index is 0.146. The van der Waals surface area contributed by atoms with E-state index in [4.69, 9.17) is 17.3 Å². The molecule has 20 heavy (non-hydrogen) atoms. The van der Waals surface area contributed by atoms with Crippen LogP contribution in [0.5, 0.6) is 0 Å². The third kappa shape index (κ3) is 1.72. The number of halogens is 1. The summed E-state index contributed by atoms with van der Waals surface area (Å²) in [6.07, 6.45) is 2.29. The maximum absolute atomic E-state index is 6.47. The highest BCUT2D eigenvalue weighted by Gasteiger charge is 2.20. The molecule has 1 aromatic heterocycles. The molecule has 3 heteroatoms. The fourth-order valence-electron chi connectivity index (χ4n) is 3.21. The van der Waals surface area contributed by atoms with Crippen molar-refractivity contribution in [2.24, 2.45) is 5.73 Å². The molecular weight excluding hydrogens is 286 g/mol. The van der Waals surface area contributed by atoms with Crippen molar-refractivity contribution in [3.05, 3.63) is 68.4 Å². The van der Waals surface area contributed by atoms with Crippen LogP contribution >= 0.6 is 22.9 Å². The van der Waals surface area contributed by atoms with E-state index in [9.17, 15) is 0 Å². The van der Waals surface area contributed by atoms with Gasteiger partial charge in [0, 0.05) is 4.88 Å². The fourth-order valence-corrected chi connectivity index (χ4v) is 4.40. The molecule has 100 valence electrons. The molecule has 1 heterocycles. The van der Waals surface area contributed by atoms with Crippen LogP contribution in [0.1, 0.15) is 27.6 Å². The molecule has 0 aliphatic heterocycles. The number of hydrogen-bond acceptors (Lipinski definition) is 2. The highest BCUT2D eigenvalue weighted by molar-refractivity contribution is 7.10. The summed E-state index contributed by atoms with van der Waals surface area (Å²) in [6, 6.07) is 12.7. The summed E-state index contributed by atoms with van der Waals surface area (Å²) >= 11 is 7.87. The first kappa shape index (κ1) is 12.4. The molecule has 4 rings (SSSR count). The lowest BCUT2D eigenvalue weighted by molar-refractivity contribution is 0.903. The molecule has 0 spiro atoms. The van der Waals surface area contributed by atoms with Gasteiger partial charge in [-0.25, -0.2) is 0 Å². The van der Waals surface area contributed by atoms with Gasteiger partial charge in [0.25, 0.3) is 0 Å². The topological polar surface area (TPSA) is 26.0 Å². The van der Waals surface area contributed by atoms with Gasteiger partial charge in [-0.1, -0.05) is 41.9 Å². The molecule has 1 unspecified atom stereocenters. The second kappa shape index (κ2) is 4.59. The Labute approximate surface area is 127 Å². The van der Waals surface area contributed by atoms with E-state index in [0.717, 1.165) is 22.7 Å². The van der Waals surface area contributed by atoms with E-state index >= 15 is 0 Å². The molecule has 0 fully saturated rings. The van der Waals surface area contributed by atoms with Crippen molar-refractivity contribution in [2.75, 3.05) is 0 Å². The molecular formula is C17H14ClNS. The average molecular weight is 300 g/mol. The standard InChI is InChI=1S/C17H14ClNS/c18-14-8-9-20-17(14)16(19)13-7-6-11-5-4-10-2-1-3-12(13)15(10)11/h1-3,6-9,16H,4-5,19H2. The number of thiophene rings is 1. The van der Waals surface area contributed by atoms with Crippen LogP contribution in [-0.4, -0.2) is 0 Å². The summed E-state index contributed by atoms with van der Waals surface area (Å²) in [6.45, 7) is 0. The lowest BCUT2D eigenvalue weighted by Gasteiger charge is -2.15. The quantitative estimate of drug-likeness (QED) is 0.729. The Balaban J connectivity index is 1.96. The summed E-state index contributed by atoms with van der Waals surface area (Å²) in [5.41, 5.74) is 10.5. The van der Waals surface area contributed by atoms with E-state index in [2.05, 4.69) is 30.3 Å². The second-order valence-electron chi connectivity index (χ2n) is 5.26. The maximum Gasteiger partial charge on any atom is 0.0667 e. The lowest BCUT2D eigenvalue weighted by Crippen LogP contribution is -2.11. The van der Waals surface area contributed by atoms with Gasteiger partial charge in [-0.3, -0.25) is 0 Å². The van der Waals surface area contributed by atoms with Gasteiger partial charge in [0.15, 0.2) is 0 Å². The van der Waals surface area contributed by atoms with Gasteiger partial charge in [0.1, 0.15) is 0 Å². The Hall–Kier alpha value is -1.35. The molecule has 0 bridgehead atoms. The number of rotatable bonds is 2. The maximum atomic E-state index is 6.47. The van der Waals surface area contributed by atoms with Crippen molar-refractivity contribution < 1.29 is 0 Å². The Morgan fingerprint density at radius 3 is 2.60 bits per heavy atom. The Kier molecular flexibility index (Phi) is 2.84. The van der Waals surface area contributed by atoms with Crippen LogP contribution in [0.15, 0.2) is 41.8 Å². The average Bonchev–Trinajstić information content (AvgIpc) is 3.07. The molecule has 1 atom stereocenters. The van der Waals surface area contributed by atoms with E-state index < -0.39 is 0 Å². The zero-order chi connectivity index (χ0) is 13.7. The third-order valence-corrected chi connectivity index (χ3v) is 5.61. The van der Waals surface area contributed by atoms with Crippen LogP contribution in [0.3, 0.4) is 0 Å². The monoisotopic (exact) mass is 299 g/mol. The normalized spacial score (nSPS) is 14.9. The van der Waals surface area contributed by atoms with Crippen molar-refractivity contribution >= 4 is 33.7 Å². The lowest BCUT2D eigenvalue weighted by atomic mass is 9.95. The van der Waals surface area contributed by atoms with E-state index in [0.29, 0.717) is 0 Å². The predicted molar refractivity (Wildman–Crippen MR) is 86.7 cm³/mol. The molecule has 3 aromatic rings. The molecule has 2 N–H and O–H groups in total. The van der Waals surface area contributed by atoms with Gasteiger partial charge in [-0.15, -0.1) is 11.3 Å². The van der Waals surface area contributed by atoms with Crippen LogP contribution in [0.4, 0.5) is 0 Å². The molecule has 0 amide bonds. The van der Waals surface area contributed by atoms with Crippen LogP contribution < -0.4 is 5.73 Å². The zero-order valence-corrected chi connectivity index (χ0v) is 12.5. The van der Waals surface area contributed by atoms with Crippen LogP contribution in [0.2, 0.25) is 5.02 Å². The molecule has 1 aliphatic rings.